The lowest BCUT2D eigenvalue weighted by Gasteiger charge is -2.04. The molecule has 15 heavy (non-hydrogen) atoms. The first-order chi connectivity index (χ1) is 7.13. The molecule has 1 rings (SSSR count). The highest BCUT2D eigenvalue weighted by atomic mass is 16.5. The highest BCUT2D eigenvalue weighted by molar-refractivity contribution is 5.87. The van der Waals surface area contributed by atoms with Gasteiger partial charge in [-0.2, -0.15) is 0 Å². The van der Waals surface area contributed by atoms with Crippen LogP contribution in [-0.4, -0.2) is 35.8 Å². The number of aliphatic hydroxyl groups excluding tert-OH is 1. The zero-order chi connectivity index (χ0) is 11.3. The number of esters is 1. The molecule has 0 unspecified atom stereocenters. The fourth-order valence-corrected chi connectivity index (χ4v) is 1.19. The first kappa shape index (κ1) is 11.7. The van der Waals surface area contributed by atoms with E-state index in [1.165, 1.54) is 7.11 Å². The molecule has 1 heterocycles. The van der Waals surface area contributed by atoms with Gasteiger partial charge in [0, 0.05) is 18.8 Å². The van der Waals surface area contributed by atoms with Crippen LogP contribution in [0.15, 0.2) is 12.1 Å². The molecule has 1 aromatic heterocycles. The summed E-state index contributed by atoms with van der Waals surface area (Å²) in [4.78, 5) is 14.0. The molecule has 0 saturated carbocycles. The summed E-state index contributed by atoms with van der Waals surface area (Å²) in [6, 6.07) is 3.48. The fourth-order valence-electron chi connectivity index (χ4n) is 1.19. The number of ether oxygens (including phenoxy) is 1. The first-order valence-corrected chi connectivity index (χ1v) is 4.78. The topological polar surface area (TPSA) is 74.3 Å². The molecule has 84 valence electrons. The normalized spacial score (nSPS) is 12.5. The number of methoxy groups -OCH3 is 1. The van der Waals surface area contributed by atoms with E-state index in [4.69, 9.17) is 5.11 Å². The highest BCUT2D eigenvalue weighted by Gasteiger charge is 2.07. The number of carbonyl (C=O) groups is 1. The molecule has 3 N–H and O–H groups in total. The van der Waals surface area contributed by atoms with Crippen molar-refractivity contribution in [3.63, 3.8) is 0 Å². The van der Waals surface area contributed by atoms with Crippen LogP contribution in [0.2, 0.25) is 0 Å². The molecule has 0 saturated heterocycles. The van der Waals surface area contributed by atoms with Crippen molar-refractivity contribution in [2.24, 2.45) is 0 Å². The number of H-pyrrole nitrogens is 1. The van der Waals surface area contributed by atoms with Crippen LogP contribution < -0.4 is 5.32 Å². The van der Waals surface area contributed by atoms with Gasteiger partial charge in [0.2, 0.25) is 0 Å². The summed E-state index contributed by atoms with van der Waals surface area (Å²) in [6.07, 6.45) is -0.375. The van der Waals surface area contributed by atoms with Crippen LogP contribution in [0.25, 0.3) is 0 Å². The number of carbonyl (C=O) groups excluding carboxylic acids is 1. The SMILES string of the molecule is COC(=O)c1ccc(CNC[C@@H](C)O)[nH]1. The summed E-state index contributed by atoms with van der Waals surface area (Å²) in [5.41, 5.74) is 1.32. The maximum atomic E-state index is 11.1. The van der Waals surface area contributed by atoms with Crippen molar-refractivity contribution in [3.8, 4) is 0 Å². The van der Waals surface area contributed by atoms with Gasteiger partial charge in [-0.15, -0.1) is 0 Å². The van der Waals surface area contributed by atoms with E-state index in [9.17, 15) is 4.79 Å². The Balaban J connectivity index is 2.43. The number of hydrogen-bond acceptors (Lipinski definition) is 4. The molecule has 0 spiro atoms. The van der Waals surface area contributed by atoms with Crippen molar-refractivity contribution in [2.45, 2.75) is 19.6 Å². The van der Waals surface area contributed by atoms with Crippen molar-refractivity contribution in [3.05, 3.63) is 23.5 Å². The number of rotatable bonds is 5. The van der Waals surface area contributed by atoms with Crippen molar-refractivity contribution in [2.75, 3.05) is 13.7 Å². The van der Waals surface area contributed by atoms with Gasteiger partial charge in [0.1, 0.15) is 5.69 Å². The fraction of sp³-hybridized carbons (Fsp3) is 0.500. The maximum Gasteiger partial charge on any atom is 0.354 e. The van der Waals surface area contributed by atoms with Crippen LogP contribution >= 0.6 is 0 Å². The lowest BCUT2D eigenvalue weighted by molar-refractivity contribution is 0.0594. The van der Waals surface area contributed by atoms with Gasteiger partial charge >= 0.3 is 5.97 Å². The Hall–Kier alpha value is -1.33. The van der Waals surface area contributed by atoms with E-state index >= 15 is 0 Å². The van der Waals surface area contributed by atoms with Crippen LogP contribution in [-0.2, 0) is 11.3 Å². The Morgan fingerprint density at radius 2 is 2.40 bits per heavy atom. The average Bonchev–Trinajstić information content (AvgIpc) is 2.65. The van der Waals surface area contributed by atoms with Gasteiger partial charge in [-0.1, -0.05) is 0 Å². The van der Waals surface area contributed by atoms with E-state index in [0.717, 1.165) is 5.69 Å². The molecule has 5 nitrogen and oxygen atoms in total. The molecule has 0 aromatic carbocycles. The van der Waals surface area contributed by atoms with Gasteiger partial charge in [-0.25, -0.2) is 4.79 Å². The summed E-state index contributed by atoms with van der Waals surface area (Å²) < 4.78 is 4.56. The second-order valence-electron chi connectivity index (χ2n) is 3.37. The number of hydrogen-bond donors (Lipinski definition) is 3. The third-order valence-electron chi connectivity index (χ3n) is 1.91. The Kier molecular flexibility index (Phi) is 4.33. The van der Waals surface area contributed by atoms with Crippen molar-refractivity contribution in [1.29, 1.82) is 0 Å². The van der Waals surface area contributed by atoms with E-state index in [-0.39, 0.29) is 12.1 Å². The maximum absolute atomic E-state index is 11.1. The standard InChI is InChI=1S/C10H16N2O3/c1-7(13)5-11-6-8-3-4-9(12-8)10(14)15-2/h3-4,7,11-13H,5-6H2,1-2H3/t7-/m1/s1. The predicted molar refractivity (Wildman–Crippen MR) is 55.5 cm³/mol. The van der Waals surface area contributed by atoms with Crippen LogP contribution in [0.3, 0.4) is 0 Å². The minimum absolute atomic E-state index is 0.375. The van der Waals surface area contributed by atoms with E-state index < -0.39 is 0 Å². The first-order valence-electron chi connectivity index (χ1n) is 4.78. The quantitative estimate of drug-likeness (QED) is 0.612. The molecule has 5 heteroatoms. The molecular weight excluding hydrogens is 196 g/mol. The number of aliphatic hydroxyl groups is 1. The Bertz CT molecular complexity index is 320. The molecule has 0 aliphatic carbocycles. The zero-order valence-corrected chi connectivity index (χ0v) is 8.91. The van der Waals surface area contributed by atoms with Crippen molar-refractivity contribution >= 4 is 5.97 Å². The second-order valence-corrected chi connectivity index (χ2v) is 3.37. The molecular formula is C10H16N2O3. The molecule has 1 atom stereocenters. The molecule has 1 aromatic rings. The lowest BCUT2D eigenvalue weighted by Crippen LogP contribution is -2.24. The largest absolute Gasteiger partial charge is 0.464 e. The molecule has 0 fully saturated rings. The van der Waals surface area contributed by atoms with E-state index in [0.29, 0.717) is 18.8 Å². The van der Waals surface area contributed by atoms with Crippen LogP contribution in [0, 0.1) is 0 Å². The molecule has 0 amide bonds. The molecule has 0 aliphatic rings. The summed E-state index contributed by atoms with van der Waals surface area (Å²) >= 11 is 0. The monoisotopic (exact) mass is 212 g/mol. The van der Waals surface area contributed by atoms with Gasteiger partial charge in [0.05, 0.1) is 13.2 Å². The van der Waals surface area contributed by atoms with Gasteiger partial charge in [0.25, 0.3) is 0 Å². The zero-order valence-electron chi connectivity index (χ0n) is 8.91. The van der Waals surface area contributed by atoms with Gasteiger partial charge < -0.3 is 20.1 Å². The minimum Gasteiger partial charge on any atom is -0.464 e. The number of nitrogens with one attached hydrogen (secondary N) is 2. The number of aromatic nitrogens is 1. The number of aromatic amines is 1. The third kappa shape index (κ3) is 3.73. The average molecular weight is 212 g/mol. The van der Waals surface area contributed by atoms with Gasteiger partial charge in [-0.05, 0) is 19.1 Å². The lowest BCUT2D eigenvalue weighted by atomic mass is 10.4. The third-order valence-corrected chi connectivity index (χ3v) is 1.91. The Labute approximate surface area is 88.4 Å². The van der Waals surface area contributed by atoms with Gasteiger partial charge in [-0.3, -0.25) is 0 Å². The molecule has 0 aliphatic heterocycles. The molecule has 0 radical (unpaired) electrons. The summed E-state index contributed by atoms with van der Waals surface area (Å²) in [6.45, 7) is 2.82. The summed E-state index contributed by atoms with van der Waals surface area (Å²) in [5, 5.41) is 12.1. The van der Waals surface area contributed by atoms with Crippen LogP contribution in [0.5, 0.6) is 0 Å². The molecule has 0 bridgehead atoms. The van der Waals surface area contributed by atoms with Crippen LogP contribution in [0.4, 0.5) is 0 Å². The summed E-state index contributed by atoms with van der Waals surface area (Å²) in [5.74, 6) is -0.378. The summed E-state index contributed by atoms with van der Waals surface area (Å²) in [7, 11) is 1.34. The van der Waals surface area contributed by atoms with Crippen LogP contribution in [0.1, 0.15) is 23.1 Å². The Morgan fingerprint density at radius 1 is 1.67 bits per heavy atom. The highest BCUT2D eigenvalue weighted by Crippen LogP contribution is 2.02. The second kappa shape index (κ2) is 5.53. The van der Waals surface area contributed by atoms with E-state index in [2.05, 4.69) is 15.0 Å². The van der Waals surface area contributed by atoms with Crippen molar-refractivity contribution in [1.82, 2.24) is 10.3 Å². The van der Waals surface area contributed by atoms with Gasteiger partial charge in [0.15, 0.2) is 0 Å². The smallest absolute Gasteiger partial charge is 0.354 e. The van der Waals surface area contributed by atoms with Crippen molar-refractivity contribution < 1.29 is 14.6 Å². The van der Waals surface area contributed by atoms with E-state index in [1.54, 1.807) is 19.1 Å². The predicted octanol–water partition coefficient (Wildman–Crippen LogP) is 0.272. The Morgan fingerprint density at radius 3 is 3.00 bits per heavy atom. The van der Waals surface area contributed by atoms with E-state index in [1.807, 2.05) is 0 Å². The minimum atomic E-state index is -0.378.